The van der Waals surface area contributed by atoms with Crippen LogP contribution in [0.2, 0.25) is 0 Å². The molecule has 0 amide bonds. The Balaban J connectivity index is 2.46. The molecule has 0 aromatic heterocycles. The van der Waals surface area contributed by atoms with Crippen LogP contribution >= 0.6 is 11.6 Å². The number of alkyl halides is 1. The van der Waals surface area contributed by atoms with Crippen LogP contribution in [-0.4, -0.2) is 34.5 Å². The van der Waals surface area contributed by atoms with Gasteiger partial charge in [0.15, 0.2) is 5.56 Å². The molecule has 0 bridgehead atoms. The number of rotatable bonds is 1. The van der Waals surface area contributed by atoms with E-state index in [1.807, 2.05) is 0 Å². The first-order valence-corrected chi connectivity index (χ1v) is 3.71. The number of carboxylic acid groups (broad SMARTS) is 1. The van der Waals surface area contributed by atoms with Gasteiger partial charge >= 0.3 is 5.97 Å². The fraction of sp³-hybridized carbons (Fsp3) is 0.833. The zero-order chi connectivity index (χ0) is 8.43. The molecule has 4 nitrogen and oxygen atoms in total. The molecule has 2 N–H and O–H groups in total. The molecule has 64 valence electrons. The topological polar surface area (TPSA) is 66.8 Å². The average Bonchev–Trinajstić information content (AvgIpc) is 1.94. The number of ether oxygens (including phenoxy) is 1. The third-order valence-electron chi connectivity index (χ3n) is 1.63. The summed E-state index contributed by atoms with van der Waals surface area (Å²) in [5.74, 6) is -1.58. The Kier molecular flexibility index (Phi) is 2.70. The van der Waals surface area contributed by atoms with Crippen LogP contribution in [0, 0.1) is 5.92 Å². The van der Waals surface area contributed by atoms with E-state index in [1.165, 1.54) is 0 Å². The van der Waals surface area contributed by atoms with Gasteiger partial charge in [-0.1, -0.05) is 11.6 Å². The predicted octanol–water partition coefficient (Wildman–Crippen LogP) is 0.0333. The predicted molar refractivity (Wildman–Crippen MR) is 37.3 cm³/mol. The average molecular weight is 181 g/mol. The summed E-state index contributed by atoms with van der Waals surface area (Å²) in [5, 5.41) is 17.6. The highest BCUT2D eigenvalue weighted by molar-refractivity contribution is 6.20. The van der Waals surface area contributed by atoms with Gasteiger partial charge in [0, 0.05) is 0 Å². The van der Waals surface area contributed by atoms with Gasteiger partial charge in [0.25, 0.3) is 0 Å². The largest absolute Gasteiger partial charge is 0.481 e. The molecule has 1 saturated heterocycles. The molecule has 0 aliphatic carbocycles. The molecule has 3 atom stereocenters. The first-order valence-electron chi connectivity index (χ1n) is 3.28. The Labute approximate surface area is 68.7 Å². The van der Waals surface area contributed by atoms with Gasteiger partial charge in [-0.15, -0.1) is 0 Å². The van der Waals surface area contributed by atoms with Gasteiger partial charge in [-0.2, -0.15) is 0 Å². The number of halogens is 1. The Bertz CT molecular complexity index is 161. The van der Waals surface area contributed by atoms with Gasteiger partial charge in [-0.25, -0.2) is 0 Å². The fourth-order valence-corrected chi connectivity index (χ4v) is 1.13. The number of aliphatic hydroxyl groups excluding tert-OH is 1. The number of carboxylic acids is 1. The Morgan fingerprint density at radius 2 is 2.27 bits per heavy atom. The van der Waals surface area contributed by atoms with Gasteiger partial charge in [-0.3, -0.25) is 4.79 Å². The third-order valence-corrected chi connectivity index (χ3v) is 2.05. The lowest BCUT2D eigenvalue weighted by molar-refractivity contribution is -0.151. The van der Waals surface area contributed by atoms with E-state index in [4.69, 9.17) is 26.6 Å². The number of carbonyl (C=O) groups is 1. The maximum atomic E-state index is 10.4. The van der Waals surface area contributed by atoms with Crippen molar-refractivity contribution < 1.29 is 19.7 Å². The maximum absolute atomic E-state index is 10.4. The minimum absolute atomic E-state index is 0.0839. The smallest absolute Gasteiger partial charge is 0.308 e. The van der Waals surface area contributed by atoms with Crippen LogP contribution in [0.1, 0.15) is 6.42 Å². The molecule has 1 rings (SSSR count). The van der Waals surface area contributed by atoms with Gasteiger partial charge in [0.1, 0.15) is 0 Å². The van der Waals surface area contributed by atoms with Gasteiger partial charge < -0.3 is 14.9 Å². The first-order chi connectivity index (χ1) is 5.11. The van der Waals surface area contributed by atoms with E-state index in [0.717, 1.165) is 0 Å². The van der Waals surface area contributed by atoms with Crippen molar-refractivity contribution >= 4 is 17.6 Å². The molecule has 1 fully saturated rings. The summed E-state index contributed by atoms with van der Waals surface area (Å²) in [6, 6.07) is 0. The maximum Gasteiger partial charge on any atom is 0.308 e. The van der Waals surface area contributed by atoms with Crippen molar-refractivity contribution in [2.24, 2.45) is 5.92 Å². The monoisotopic (exact) mass is 180 g/mol. The first kappa shape index (κ1) is 8.77. The summed E-state index contributed by atoms with van der Waals surface area (Å²) in [5.41, 5.74) is -0.759. The quantitative estimate of drug-likeness (QED) is 0.559. The standard InChI is InChI=1S/C6H9ClO4/c7-5-4(8)1-3(2-11-5)6(9)10/h3-5,8H,1-2H2,(H,9,10)/t3?,4-,5?/m0/s1. The van der Waals surface area contributed by atoms with Gasteiger partial charge in [0.2, 0.25) is 0 Å². The number of aliphatic hydroxyl groups is 1. The van der Waals surface area contributed by atoms with Crippen molar-refractivity contribution in [2.75, 3.05) is 6.61 Å². The summed E-state index contributed by atoms with van der Waals surface area (Å²) >= 11 is 5.47. The highest BCUT2D eigenvalue weighted by atomic mass is 35.5. The van der Waals surface area contributed by atoms with Crippen molar-refractivity contribution in [2.45, 2.75) is 18.1 Å². The Morgan fingerprint density at radius 1 is 1.64 bits per heavy atom. The van der Waals surface area contributed by atoms with Gasteiger partial charge in [-0.05, 0) is 6.42 Å². The van der Waals surface area contributed by atoms with E-state index in [0.29, 0.717) is 0 Å². The summed E-state index contributed by atoms with van der Waals surface area (Å²) in [7, 11) is 0. The van der Waals surface area contributed by atoms with Crippen molar-refractivity contribution in [3.8, 4) is 0 Å². The summed E-state index contributed by atoms with van der Waals surface area (Å²) in [6.07, 6.45) is -0.699. The van der Waals surface area contributed by atoms with Crippen molar-refractivity contribution in [3.63, 3.8) is 0 Å². The molecular weight excluding hydrogens is 172 g/mol. The summed E-state index contributed by atoms with van der Waals surface area (Å²) in [4.78, 5) is 10.4. The van der Waals surface area contributed by atoms with E-state index >= 15 is 0 Å². The van der Waals surface area contributed by atoms with Crippen molar-refractivity contribution in [3.05, 3.63) is 0 Å². The SMILES string of the molecule is O=C(O)C1COC(Cl)[C@@H](O)C1. The molecule has 0 spiro atoms. The molecule has 1 aliphatic rings. The van der Waals surface area contributed by atoms with E-state index in [-0.39, 0.29) is 13.0 Å². The van der Waals surface area contributed by atoms with E-state index in [1.54, 1.807) is 0 Å². The third kappa shape index (κ3) is 2.05. The molecule has 0 radical (unpaired) electrons. The number of aliphatic carboxylic acids is 1. The van der Waals surface area contributed by atoms with Crippen LogP contribution in [0.3, 0.4) is 0 Å². The van der Waals surface area contributed by atoms with Crippen LogP contribution in [0.15, 0.2) is 0 Å². The summed E-state index contributed by atoms with van der Waals surface area (Å²) < 4.78 is 4.80. The molecule has 2 unspecified atom stereocenters. The minimum Gasteiger partial charge on any atom is -0.481 e. The molecule has 0 aromatic rings. The van der Waals surface area contributed by atoms with E-state index < -0.39 is 23.6 Å². The highest BCUT2D eigenvalue weighted by Crippen LogP contribution is 2.21. The zero-order valence-electron chi connectivity index (χ0n) is 5.74. The van der Waals surface area contributed by atoms with Crippen LogP contribution in [0.5, 0.6) is 0 Å². The summed E-state index contributed by atoms with van der Waals surface area (Å²) in [6.45, 7) is 0.0839. The molecule has 5 heteroatoms. The molecule has 0 saturated carbocycles. The number of hydrogen-bond donors (Lipinski definition) is 2. The minimum atomic E-state index is -0.951. The zero-order valence-corrected chi connectivity index (χ0v) is 6.49. The second kappa shape index (κ2) is 3.38. The Morgan fingerprint density at radius 3 is 2.73 bits per heavy atom. The molecule has 0 aromatic carbocycles. The van der Waals surface area contributed by atoms with Crippen LogP contribution in [0.4, 0.5) is 0 Å². The lowest BCUT2D eigenvalue weighted by atomic mass is 10.0. The Hall–Kier alpha value is -0.320. The molecule has 1 heterocycles. The fourth-order valence-electron chi connectivity index (χ4n) is 0.958. The van der Waals surface area contributed by atoms with Crippen LogP contribution < -0.4 is 0 Å². The highest BCUT2D eigenvalue weighted by Gasteiger charge is 2.32. The molecular formula is C6H9ClO4. The molecule has 1 aliphatic heterocycles. The number of hydrogen-bond acceptors (Lipinski definition) is 3. The second-order valence-corrected chi connectivity index (χ2v) is 2.95. The van der Waals surface area contributed by atoms with E-state index in [2.05, 4.69) is 0 Å². The second-order valence-electron chi connectivity index (χ2n) is 2.52. The van der Waals surface area contributed by atoms with Crippen molar-refractivity contribution in [1.29, 1.82) is 0 Å². The molecule has 11 heavy (non-hydrogen) atoms. The van der Waals surface area contributed by atoms with Crippen LogP contribution in [0.25, 0.3) is 0 Å². The normalized spacial score (nSPS) is 38.5. The van der Waals surface area contributed by atoms with Gasteiger partial charge in [0.05, 0.1) is 18.6 Å². The lowest BCUT2D eigenvalue weighted by Gasteiger charge is -2.27. The van der Waals surface area contributed by atoms with Crippen LogP contribution in [-0.2, 0) is 9.53 Å². The van der Waals surface area contributed by atoms with E-state index in [9.17, 15) is 4.79 Å². The lowest BCUT2D eigenvalue weighted by Crippen LogP contribution is -2.38. The van der Waals surface area contributed by atoms with Crippen molar-refractivity contribution in [1.82, 2.24) is 0 Å².